The average molecular weight is 246 g/mol. The Labute approximate surface area is 108 Å². The van der Waals surface area contributed by atoms with Gasteiger partial charge in [-0.15, -0.1) is 0 Å². The van der Waals surface area contributed by atoms with Gasteiger partial charge < -0.3 is 15.0 Å². The van der Waals surface area contributed by atoms with Gasteiger partial charge in [-0.3, -0.25) is 0 Å². The summed E-state index contributed by atoms with van der Waals surface area (Å²) in [5.74, 6) is 0.365. The molecule has 0 aliphatic heterocycles. The number of rotatable bonds is 4. The van der Waals surface area contributed by atoms with Gasteiger partial charge in [-0.1, -0.05) is 12.1 Å². The highest BCUT2D eigenvalue weighted by Gasteiger charge is 2.15. The van der Waals surface area contributed by atoms with Crippen LogP contribution >= 0.6 is 0 Å². The number of aromatic hydroxyl groups is 1. The molecule has 1 atom stereocenters. The van der Waals surface area contributed by atoms with Gasteiger partial charge >= 0.3 is 0 Å². The molecule has 0 amide bonds. The van der Waals surface area contributed by atoms with Gasteiger partial charge in [0.15, 0.2) is 0 Å². The first-order chi connectivity index (χ1) is 8.54. The average Bonchev–Trinajstić information content (AvgIpc) is 2.68. The van der Waals surface area contributed by atoms with Crippen LogP contribution in [0.4, 0.5) is 0 Å². The Morgan fingerprint density at radius 1 is 1.28 bits per heavy atom. The largest absolute Gasteiger partial charge is 0.506 e. The third kappa shape index (κ3) is 2.23. The highest BCUT2D eigenvalue weighted by atomic mass is 16.3. The minimum absolute atomic E-state index is 0.342. The Morgan fingerprint density at radius 3 is 2.61 bits per heavy atom. The summed E-state index contributed by atoms with van der Waals surface area (Å²) in [6.07, 6.45) is 0.961. The monoisotopic (exact) mass is 246 g/mol. The molecule has 3 heteroatoms. The van der Waals surface area contributed by atoms with Crippen molar-refractivity contribution in [2.45, 2.75) is 39.3 Å². The third-order valence-corrected chi connectivity index (χ3v) is 3.44. The lowest BCUT2D eigenvalue weighted by Crippen LogP contribution is -2.25. The number of para-hydroxylation sites is 1. The molecule has 2 aromatic rings. The maximum Gasteiger partial charge on any atom is 0.139 e. The van der Waals surface area contributed by atoms with E-state index in [-0.39, 0.29) is 0 Å². The molecular formula is C15H22N2O. The standard InChI is InChI=1S/C15H22N2O/c1-10(2)17-13(8-11(3)16-4)9-12-6-5-7-14(18)15(12)17/h5-7,9-11,16,18H,8H2,1-4H3. The van der Waals surface area contributed by atoms with Crippen LogP contribution in [0.5, 0.6) is 5.75 Å². The highest BCUT2D eigenvalue weighted by Crippen LogP contribution is 2.31. The number of phenols is 1. The molecule has 0 aliphatic rings. The number of benzene rings is 1. The first-order valence-electron chi connectivity index (χ1n) is 6.53. The molecule has 0 fully saturated rings. The van der Waals surface area contributed by atoms with E-state index in [2.05, 4.69) is 42.8 Å². The Bertz CT molecular complexity index is 543. The second-order valence-corrected chi connectivity index (χ2v) is 5.21. The zero-order valence-electron chi connectivity index (χ0n) is 11.6. The van der Waals surface area contributed by atoms with E-state index in [1.165, 1.54) is 5.69 Å². The van der Waals surface area contributed by atoms with Gasteiger partial charge in [-0.05, 0) is 40.0 Å². The molecule has 2 N–H and O–H groups in total. The first kappa shape index (κ1) is 13.0. The van der Waals surface area contributed by atoms with Gasteiger partial charge in [-0.25, -0.2) is 0 Å². The van der Waals surface area contributed by atoms with Crippen LogP contribution < -0.4 is 5.32 Å². The van der Waals surface area contributed by atoms with Crippen LogP contribution in [0.1, 0.15) is 32.5 Å². The van der Waals surface area contributed by atoms with E-state index in [9.17, 15) is 5.11 Å². The SMILES string of the molecule is CNC(C)Cc1cc2cccc(O)c2n1C(C)C. The van der Waals surface area contributed by atoms with Crippen molar-refractivity contribution in [2.24, 2.45) is 0 Å². The van der Waals surface area contributed by atoms with E-state index >= 15 is 0 Å². The normalized spacial score (nSPS) is 13.4. The van der Waals surface area contributed by atoms with E-state index in [0.717, 1.165) is 17.3 Å². The van der Waals surface area contributed by atoms with Gasteiger partial charge in [0.2, 0.25) is 0 Å². The van der Waals surface area contributed by atoms with E-state index in [0.29, 0.717) is 17.8 Å². The molecule has 1 aromatic heterocycles. The smallest absolute Gasteiger partial charge is 0.139 e. The molecule has 1 heterocycles. The van der Waals surface area contributed by atoms with Crippen LogP contribution in [-0.4, -0.2) is 22.8 Å². The van der Waals surface area contributed by atoms with Gasteiger partial charge in [0.1, 0.15) is 5.75 Å². The Balaban J connectivity index is 2.59. The lowest BCUT2D eigenvalue weighted by Gasteiger charge is -2.17. The molecular weight excluding hydrogens is 224 g/mol. The number of hydrogen-bond acceptors (Lipinski definition) is 2. The Kier molecular flexibility index (Phi) is 3.62. The molecule has 2 rings (SSSR count). The van der Waals surface area contributed by atoms with E-state index in [1.807, 2.05) is 13.1 Å². The van der Waals surface area contributed by atoms with Gasteiger partial charge in [0.05, 0.1) is 5.52 Å². The summed E-state index contributed by atoms with van der Waals surface area (Å²) in [5, 5.41) is 14.4. The summed E-state index contributed by atoms with van der Waals surface area (Å²) >= 11 is 0. The summed E-state index contributed by atoms with van der Waals surface area (Å²) in [4.78, 5) is 0. The number of nitrogens with zero attached hydrogens (tertiary/aromatic N) is 1. The van der Waals surface area contributed by atoms with E-state index in [1.54, 1.807) is 6.07 Å². The number of likely N-dealkylation sites (N-methyl/N-ethyl adjacent to an activating group) is 1. The molecule has 18 heavy (non-hydrogen) atoms. The second-order valence-electron chi connectivity index (χ2n) is 5.21. The Hall–Kier alpha value is -1.48. The number of phenolic OH excluding ortho intramolecular Hbond substituents is 1. The molecule has 3 nitrogen and oxygen atoms in total. The molecule has 0 saturated carbocycles. The topological polar surface area (TPSA) is 37.2 Å². The third-order valence-electron chi connectivity index (χ3n) is 3.44. The maximum absolute atomic E-state index is 10.1. The summed E-state index contributed by atoms with van der Waals surface area (Å²) < 4.78 is 2.23. The van der Waals surface area contributed by atoms with Crippen LogP contribution in [0.3, 0.4) is 0 Å². The van der Waals surface area contributed by atoms with Crippen molar-refractivity contribution in [1.82, 2.24) is 9.88 Å². The number of aromatic nitrogens is 1. The fourth-order valence-corrected chi connectivity index (χ4v) is 2.48. The molecule has 0 bridgehead atoms. The molecule has 0 aliphatic carbocycles. The minimum atomic E-state index is 0.342. The quantitative estimate of drug-likeness (QED) is 0.870. The van der Waals surface area contributed by atoms with Gasteiger partial charge in [0, 0.05) is 29.6 Å². The van der Waals surface area contributed by atoms with Crippen molar-refractivity contribution in [2.75, 3.05) is 7.05 Å². The molecule has 0 saturated heterocycles. The Morgan fingerprint density at radius 2 is 2.00 bits per heavy atom. The highest BCUT2D eigenvalue weighted by molar-refractivity contribution is 5.86. The van der Waals surface area contributed by atoms with Gasteiger partial charge in [0.25, 0.3) is 0 Å². The zero-order chi connectivity index (χ0) is 13.3. The van der Waals surface area contributed by atoms with Crippen molar-refractivity contribution >= 4 is 10.9 Å². The van der Waals surface area contributed by atoms with Crippen LogP contribution in [0, 0.1) is 0 Å². The zero-order valence-corrected chi connectivity index (χ0v) is 11.6. The minimum Gasteiger partial charge on any atom is -0.506 e. The summed E-state index contributed by atoms with van der Waals surface area (Å²) in [7, 11) is 1.98. The van der Waals surface area contributed by atoms with Crippen molar-refractivity contribution in [3.05, 3.63) is 30.0 Å². The van der Waals surface area contributed by atoms with Crippen molar-refractivity contribution < 1.29 is 5.11 Å². The van der Waals surface area contributed by atoms with E-state index in [4.69, 9.17) is 0 Å². The second kappa shape index (κ2) is 5.02. The van der Waals surface area contributed by atoms with Crippen molar-refractivity contribution in [1.29, 1.82) is 0 Å². The lowest BCUT2D eigenvalue weighted by molar-refractivity contribution is 0.472. The molecule has 1 aromatic carbocycles. The fourth-order valence-electron chi connectivity index (χ4n) is 2.48. The van der Waals surface area contributed by atoms with Crippen LogP contribution in [0.2, 0.25) is 0 Å². The molecule has 0 radical (unpaired) electrons. The van der Waals surface area contributed by atoms with Crippen LogP contribution in [0.25, 0.3) is 10.9 Å². The van der Waals surface area contributed by atoms with Crippen LogP contribution in [0.15, 0.2) is 24.3 Å². The number of fused-ring (bicyclic) bond motifs is 1. The lowest BCUT2D eigenvalue weighted by atomic mass is 10.1. The number of nitrogens with one attached hydrogen (secondary N) is 1. The predicted molar refractivity (Wildman–Crippen MR) is 76.2 cm³/mol. The number of hydrogen-bond donors (Lipinski definition) is 2. The summed E-state index contributed by atoms with van der Waals surface area (Å²) in [6, 6.07) is 8.66. The van der Waals surface area contributed by atoms with Gasteiger partial charge in [-0.2, -0.15) is 0 Å². The summed E-state index contributed by atoms with van der Waals surface area (Å²) in [6.45, 7) is 6.47. The van der Waals surface area contributed by atoms with E-state index < -0.39 is 0 Å². The summed E-state index contributed by atoms with van der Waals surface area (Å²) in [5.41, 5.74) is 2.22. The van der Waals surface area contributed by atoms with Crippen molar-refractivity contribution in [3.8, 4) is 5.75 Å². The molecule has 0 spiro atoms. The molecule has 98 valence electrons. The fraction of sp³-hybridized carbons (Fsp3) is 0.467. The van der Waals surface area contributed by atoms with Crippen molar-refractivity contribution in [3.63, 3.8) is 0 Å². The first-order valence-corrected chi connectivity index (χ1v) is 6.53. The van der Waals surface area contributed by atoms with Crippen LogP contribution in [-0.2, 0) is 6.42 Å². The maximum atomic E-state index is 10.1. The predicted octanol–water partition coefficient (Wildman–Crippen LogP) is 3.08. The molecule has 1 unspecified atom stereocenters.